The second-order valence-corrected chi connectivity index (χ2v) is 6.00. The first-order chi connectivity index (χ1) is 6.53. The van der Waals surface area contributed by atoms with Crippen molar-refractivity contribution in [1.82, 2.24) is 5.43 Å². The summed E-state index contributed by atoms with van der Waals surface area (Å²) in [6.07, 6.45) is 2.99. The Hall–Kier alpha value is -0.170. The van der Waals surface area contributed by atoms with Gasteiger partial charge in [-0.15, -0.1) is 0 Å². The van der Waals surface area contributed by atoms with E-state index in [2.05, 4.69) is 5.43 Å². The molecule has 1 atom stereocenters. The molecular weight excluding hydrogens is 204 g/mol. The van der Waals surface area contributed by atoms with Crippen molar-refractivity contribution in [3.63, 3.8) is 0 Å². The fraction of sp³-hybridized carbons (Fsp3) is 1.00. The third-order valence-electron chi connectivity index (χ3n) is 2.53. The third kappa shape index (κ3) is 3.91. The number of nitrogens with one attached hydrogen (secondary N) is 1. The first kappa shape index (κ1) is 11.9. The van der Waals surface area contributed by atoms with Crippen molar-refractivity contribution in [2.45, 2.75) is 18.9 Å². The molecule has 1 heterocycles. The topological polar surface area (TPSA) is 81.4 Å². The van der Waals surface area contributed by atoms with Crippen LogP contribution in [0.25, 0.3) is 0 Å². The Morgan fingerprint density at radius 2 is 2.07 bits per heavy atom. The fourth-order valence-electron chi connectivity index (χ4n) is 1.76. The van der Waals surface area contributed by atoms with Crippen LogP contribution >= 0.6 is 0 Å². The lowest BCUT2D eigenvalue weighted by Gasteiger charge is -2.29. The van der Waals surface area contributed by atoms with Gasteiger partial charge in [0.05, 0.1) is 5.75 Å². The minimum atomic E-state index is -2.97. The zero-order chi connectivity index (χ0) is 10.6. The van der Waals surface area contributed by atoms with Crippen LogP contribution in [0.1, 0.15) is 12.8 Å². The minimum Gasteiger partial charge on any atom is -0.381 e. The lowest BCUT2D eigenvalue weighted by Crippen LogP contribution is -2.46. The lowest BCUT2D eigenvalue weighted by atomic mass is 9.93. The molecule has 1 rings (SSSR count). The van der Waals surface area contributed by atoms with E-state index in [9.17, 15) is 8.42 Å². The minimum absolute atomic E-state index is 0.105. The molecule has 3 N–H and O–H groups in total. The SMILES string of the molecule is CS(=O)(=O)CC(NN)C1CCOCC1. The molecule has 1 aliphatic heterocycles. The van der Waals surface area contributed by atoms with E-state index < -0.39 is 9.84 Å². The van der Waals surface area contributed by atoms with Gasteiger partial charge in [0, 0.05) is 25.5 Å². The Morgan fingerprint density at radius 3 is 2.50 bits per heavy atom. The van der Waals surface area contributed by atoms with Crippen LogP contribution < -0.4 is 11.3 Å². The summed E-state index contributed by atoms with van der Waals surface area (Å²) in [5, 5.41) is 0. The highest BCUT2D eigenvalue weighted by molar-refractivity contribution is 7.90. The number of sulfone groups is 1. The second-order valence-electron chi connectivity index (χ2n) is 3.82. The lowest BCUT2D eigenvalue weighted by molar-refractivity contribution is 0.0564. The average Bonchev–Trinajstić information content (AvgIpc) is 2.14. The van der Waals surface area contributed by atoms with E-state index in [1.165, 1.54) is 6.26 Å². The molecule has 84 valence electrons. The van der Waals surface area contributed by atoms with E-state index in [1.54, 1.807) is 0 Å². The Kier molecular flexibility index (Phi) is 4.31. The van der Waals surface area contributed by atoms with Gasteiger partial charge in [-0.1, -0.05) is 0 Å². The smallest absolute Gasteiger partial charge is 0.149 e. The quantitative estimate of drug-likeness (QED) is 0.485. The number of hydrogen-bond donors (Lipinski definition) is 2. The Balaban J connectivity index is 2.52. The molecule has 0 aromatic carbocycles. The summed E-state index contributed by atoms with van der Waals surface area (Å²) in [5.74, 6) is 5.77. The monoisotopic (exact) mass is 222 g/mol. The maximum absolute atomic E-state index is 11.1. The summed E-state index contributed by atoms with van der Waals surface area (Å²) in [4.78, 5) is 0. The van der Waals surface area contributed by atoms with Crippen LogP contribution in [0.5, 0.6) is 0 Å². The molecular formula is C8H18N2O3S. The van der Waals surface area contributed by atoms with E-state index in [-0.39, 0.29) is 11.8 Å². The molecule has 1 aliphatic rings. The highest BCUT2D eigenvalue weighted by Gasteiger charge is 2.25. The normalized spacial score (nSPS) is 22.1. The molecule has 6 heteroatoms. The molecule has 0 saturated carbocycles. The summed E-state index contributed by atoms with van der Waals surface area (Å²) < 4.78 is 27.4. The van der Waals surface area contributed by atoms with Crippen molar-refractivity contribution in [3.8, 4) is 0 Å². The zero-order valence-electron chi connectivity index (χ0n) is 8.40. The van der Waals surface area contributed by atoms with Gasteiger partial charge in [0.25, 0.3) is 0 Å². The van der Waals surface area contributed by atoms with E-state index in [4.69, 9.17) is 10.6 Å². The Morgan fingerprint density at radius 1 is 1.50 bits per heavy atom. The zero-order valence-corrected chi connectivity index (χ0v) is 9.22. The van der Waals surface area contributed by atoms with Gasteiger partial charge in [-0.05, 0) is 18.8 Å². The summed E-state index contributed by atoms with van der Waals surface area (Å²) in [6, 6.07) is -0.145. The molecule has 0 amide bonds. The fourth-order valence-corrected chi connectivity index (χ4v) is 2.79. The van der Waals surface area contributed by atoms with E-state index in [0.29, 0.717) is 19.1 Å². The van der Waals surface area contributed by atoms with Gasteiger partial charge in [-0.2, -0.15) is 0 Å². The van der Waals surface area contributed by atoms with Crippen LogP contribution in [-0.4, -0.2) is 39.7 Å². The summed E-state index contributed by atoms with van der Waals surface area (Å²) in [5.41, 5.74) is 2.59. The van der Waals surface area contributed by atoms with Gasteiger partial charge in [-0.3, -0.25) is 11.3 Å². The summed E-state index contributed by atoms with van der Waals surface area (Å²) in [6.45, 7) is 1.40. The molecule has 0 bridgehead atoms. The van der Waals surface area contributed by atoms with Crippen molar-refractivity contribution in [1.29, 1.82) is 0 Å². The van der Waals surface area contributed by atoms with Crippen molar-refractivity contribution in [2.75, 3.05) is 25.2 Å². The summed E-state index contributed by atoms with van der Waals surface area (Å²) >= 11 is 0. The first-order valence-electron chi connectivity index (χ1n) is 4.74. The van der Waals surface area contributed by atoms with Crippen molar-refractivity contribution >= 4 is 9.84 Å². The number of hydrazine groups is 1. The van der Waals surface area contributed by atoms with Crippen LogP contribution in [0.2, 0.25) is 0 Å². The number of nitrogens with two attached hydrogens (primary N) is 1. The molecule has 0 aromatic rings. The van der Waals surface area contributed by atoms with Gasteiger partial charge in [0.2, 0.25) is 0 Å². The van der Waals surface area contributed by atoms with Gasteiger partial charge in [0.15, 0.2) is 0 Å². The van der Waals surface area contributed by atoms with Crippen molar-refractivity contribution < 1.29 is 13.2 Å². The van der Waals surface area contributed by atoms with E-state index in [1.807, 2.05) is 0 Å². The van der Waals surface area contributed by atoms with Crippen LogP contribution in [0.15, 0.2) is 0 Å². The van der Waals surface area contributed by atoms with E-state index in [0.717, 1.165) is 12.8 Å². The molecule has 0 spiro atoms. The number of ether oxygens (including phenoxy) is 1. The molecule has 1 saturated heterocycles. The van der Waals surface area contributed by atoms with Gasteiger partial charge in [-0.25, -0.2) is 8.42 Å². The van der Waals surface area contributed by atoms with Crippen LogP contribution in [0.3, 0.4) is 0 Å². The highest BCUT2D eigenvalue weighted by Crippen LogP contribution is 2.19. The molecule has 1 unspecified atom stereocenters. The molecule has 0 radical (unpaired) electrons. The molecule has 1 fully saturated rings. The Labute approximate surface area is 84.9 Å². The standard InChI is InChI=1S/C8H18N2O3S/c1-14(11,12)6-8(10-9)7-2-4-13-5-3-7/h7-8,10H,2-6,9H2,1H3. The van der Waals surface area contributed by atoms with Crippen LogP contribution in [0.4, 0.5) is 0 Å². The van der Waals surface area contributed by atoms with E-state index >= 15 is 0 Å². The van der Waals surface area contributed by atoms with Crippen LogP contribution in [0, 0.1) is 5.92 Å². The van der Waals surface area contributed by atoms with Gasteiger partial charge < -0.3 is 4.74 Å². The predicted molar refractivity (Wildman–Crippen MR) is 54.4 cm³/mol. The first-order valence-corrected chi connectivity index (χ1v) is 6.80. The van der Waals surface area contributed by atoms with Crippen molar-refractivity contribution in [3.05, 3.63) is 0 Å². The van der Waals surface area contributed by atoms with Crippen LogP contribution in [-0.2, 0) is 14.6 Å². The molecule has 0 aliphatic carbocycles. The van der Waals surface area contributed by atoms with Gasteiger partial charge in [0.1, 0.15) is 9.84 Å². The highest BCUT2D eigenvalue weighted by atomic mass is 32.2. The second kappa shape index (κ2) is 5.06. The van der Waals surface area contributed by atoms with Gasteiger partial charge >= 0.3 is 0 Å². The number of rotatable bonds is 4. The summed E-state index contributed by atoms with van der Waals surface area (Å²) in [7, 11) is -2.97. The number of hydrogen-bond acceptors (Lipinski definition) is 5. The predicted octanol–water partition coefficient (Wildman–Crippen LogP) is -0.710. The molecule has 14 heavy (non-hydrogen) atoms. The average molecular weight is 222 g/mol. The molecule has 0 aromatic heterocycles. The maximum Gasteiger partial charge on any atom is 0.149 e. The molecule has 5 nitrogen and oxygen atoms in total. The third-order valence-corrected chi connectivity index (χ3v) is 3.50. The Bertz CT molecular complexity index is 260. The largest absolute Gasteiger partial charge is 0.381 e. The maximum atomic E-state index is 11.1. The van der Waals surface area contributed by atoms with Crippen molar-refractivity contribution in [2.24, 2.45) is 11.8 Å².